The Hall–Kier alpha value is -2.71. The summed E-state index contributed by atoms with van der Waals surface area (Å²) >= 11 is 2.54. The van der Waals surface area contributed by atoms with Crippen molar-refractivity contribution in [1.82, 2.24) is 9.88 Å². The lowest BCUT2D eigenvalue weighted by molar-refractivity contribution is -0.113. The molecule has 8 heteroatoms. The van der Waals surface area contributed by atoms with E-state index in [-0.39, 0.29) is 16.9 Å². The fourth-order valence-electron chi connectivity index (χ4n) is 2.37. The molecule has 0 saturated carbocycles. The molecule has 29 heavy (non-hydrogen) atoms. The second kappa shape index (κ2) is 10.2. The van der Waals surface area contributed by atoms with Crippen molar-refractivity contribution in [2.24, 2.45) is 0 Å². The summed E-state index contributed by atoms with van der Waals surface area (Å²) in [6.07, 6.45) is 1.62. The molecule has 150 valence electrons. The van der Waals surface area contributed by atoms with Crippen molar-refractivity contribution in [2.75, 3.05) is 25.2 Å². The van der Waals surface area contributed by atoms with E-state index in [0.29, 0.717) is 22.2 Å². The molecule has 0 unspecified atom stereocenters. The van der Waals surface area contributed by atoms with Crippen LogP contribution in [0.1, 0.15) is 5.69 Å². The first-order chi connectivity index (χ1) is 14.0. The first-order valence-electron chi connectivity index (χ1n) is 8.88. The van der Waals surface area contributed by atoms with Gasteiger partial charge in [-0.2, -0.15) is 0 Å². The minimum atomic E-state index is -0.132. The van der Waals surface area contributed by atoms with E-state index in [2.05, 4.69) is 10.3 Å². The number of para-hydroxylation sites is 1. The van der Waals surface area contributed by atoms with E-state index in [1.165, 1.54) is 16.7 Å². The zero-order valence-corrected chi connectivity index (χ0v) is 17.8. The monoisotopic (exact) mass is 427 g/mol. The zero-order valence-electron chi connectivity index (χ0n) is 16.1. The number of nitrogens with one attached hydrogen (secondary N) is 1. The molecule has 0 bridgehead atoms. The third-order valence-corrected chi connectivity index (χ3v) is 5.86. The molecule has 6 nitrogen and oxygen atoms in total. The van der Waals surface area contributed by atoms with E-state index in [1.54, 1.807) is 26.4 Å². The van der Waals surface area contributed by atoms with E-state index in [4.69, 9.17) is 4.42 Å². The lowest BCUT2D eigenvalue weighted by atomic mass is 10.2. The van der Waals surface area contributed by atoms with Crippen LogP contribution >= 0.6 is 23.5 Å². The smallest absolute Gasteiger partial charge is 0.286 e. The Kier molecular flexibility index (Phi) is 7.37. The summed E-state index contributed by atoms with van der Waals surface area (Å²) in [6.45, 7) is 0. The van der Waals surface area contributed by atoms with Gasteiger partial charge in [0.2, 0.25) is 11.8 Å². The average Bonchev–Trinajstić information content (AvgIpc) is 3.19. The number of thioether (sulfide) groups is 2. The zero-order chi connectivity index (χ0) is 20.6. The molecule has 0 radical (unpaired) electrons. The SMILES string of the molecule is CN(C)C(=O)Sc1ccccc1NC(=O)CSCc1coc(-c2ccccc2)n1. The van der Waals surface area contributed by atoms with Gasteiger partial charge in [-0.1, -0.05) is 30.3 Å². The number of aromatic nitrogens is 1. The Labute approximate surface area is 178 Å². The number of hydrogen-bond acceptors (Lipinski definition) is 6. The minimum Gasteiger partial charge on any atom is -0.444 e. The molecular weight excluding hydrogens is 406 g/mol. The normalized spacial score (nSPS) is 10.6. The van der Waals surface area contributed by atoms with Crippen LogP contribution in [0.3, 0.4) is 0 Å². The maximum atomic E-state index is 12.3. The number of carbonyl (C=O) groups excluding carboxylic acids is 2. The summed E-state index contributed by atoms with van der Waals surface area (Å²) < 4.78 is 5.51. The van der Waals surface area contributed by atoms with Gasteiger partial charge in [0.05, 0.1) is 17.1 Å². The maximum absolute atomic E-state index is 12.3. The fourth-order valence-corrected chi connectivity index (χ4v) is 3.81. The Balaban J connectivity index is 1.51. The van der Waals surface area contributed by atoms with Crippen molar-refractivity contribution in [2.45, 2.75) is 10.6 Å². The largest absolute Gasteiger partial charge is 0.444 e. The molecule has 1 N–H and O–H groups in total. The van der Waals surface area contributed by atoms with Gasteiger partial charge in [-0.25, -0.2) is 4.98 Å². The predicted molar refractivity (Wildman–Crippen MR) is 118 cm³/mol. The predicted octanol–water partition coefficient (Wildman–Crippen LogP) is 4.99. The Bertz CT molecular complexity index is 974. The standard InChI is InChI=1S/C21H21N3O3S2/c1-24(2)21(26)29-18-11-7-6-10-17(18)23-19(25)14-28-13-16-12-27-20(22-16)15-8-4-3-5-9-15/h3-12H,13-14H2,1-2H3,(H,23,25). The average molecular weight is 428 g/mol. The topological polar surface area (TPSA) is 75.4 Å². The van der Waals surface area contributed by atoms with Crippen LogP contribution in [0.15, 0.2) is 70.2 Å². The quantitative estimate of drug-likeness (QED) is 0.536. The Morgan fingerprint density at radius 3 is 2.55 bits per heavy atom. The van der Waals surface area contributed by atoms with Crippen LogP contribution in [-0.2, 0) is 10.5 Å². The highest BCUT2D eigenvalue weighted by Crippen LogP contribution is 2.29. The van der Waals surface area contributed by atoms with E-state index < -0.39 is 0 Å². The third kappa shape index (κ3) is 6.13. The molecule has 3 aromatic rings. The van der Waals surface area contributed by atoms with Crippen molar-refractivity contribution in [3.63, 3.8) is 0 Å². The molecule has 2 amide bonds. The lowest BCUT2D eigenvalue weighted by Crippen LogP contribution is -2.17. The van der Waals surface area contributed by atoms with Crippen LogP contribution in [0, 0.1) is 0 Å². The Morgan fingerprint density at radius 1 is 1.07 bits per heavy atom. The summed E-state index contributed by atoms with van der Waals surface area (Å²) in [5.41, 5.74) is 2.34. The van der Waals surface area contributed by atoms with Gasteiger partial charge in [0.25, 0.3) is 5.24 Å². The van der Waals surface area contributed by atoms with Crippen LogP contribution < -0.4 is 5.32 Å². The summed E-state index contributed by atoms with van der Waals surface area (Å²) in [5, 5.41) is 2.78. The van der Waals surface area contributed by atoms with Crippen LogP contribution in [0.2, 0.25) is 0 Å². The van der Waals surface area contributed by atoms with E-state index in [9.17, 15) is 9.59 Å². The molecule has 0 saturated heterocycles. The molecule has 0 aliphatic carbocycles. The number of nitrogens with zero attached hydrogens (tertiary/aromatic N) is 2. The summed E-state index contributed by atoms with van der Waals surface area (Å²) in [5.74, 6) is 1.28. The molecule has 1 heterocycles. The molecule has 2 aromatic carbocycles. The molecule has 0 atom stereocenters. The third-order valence-electron chi connectivity index (χ3n) is 3.78. The van der Waals surface area contributed by atoms with Gasteiger partial charge in [0, 0.05) is 30.3 Å². The van der Waals surface area contributed by atoms with Crippen molar-refractivity contribution < 1.29 is 14.0 Å². The van der Waals surface area contributed by atoms with Crippen molar-refractivity contribution in [1.29, 1.82) is 0 Å². The lowest BCUT2D eigenvalue weighted by Gasteiger charge is -2.13. The molecule has 0 fully saturated rings. The Morgan fingerprint density at radius 2 is 1.79 bits per heavy atom. The highest BCUT2D eigenvalue weighted by atomic mass is 32.2. The van der Waals surface area contributed by atoms with Gasteiger partial charge in [0.1, 0.15) is 6.26 Å². The molecule has 0 spiro atoms. The van der Waals surface area contributed by atoms with E-state index in [1.807, 2.05) is 48.5 Å². The van der Waals surface area contributed by atoms with Crippen molar-refractivity contribution in [3.05, 3.63) is 66.6 Å². The summed E-state index contributed by atoms with van der Waals surface area (Å²) in [6, 6.07) is 16.9. The number of amides is 2. The number of benzene rings is 2. The van der Waals surface area contributed by atoms with Crippen molar-refractivity contribution >= 4 is 40.4 Å². The minimum absolute atomic E-state index is 0.0960. The number of rotatable bonds is 7. The van der Waals surface area contributed by atoms with Gasteiger partial charge in [0.15, 0.2) is 0 Å². The van der Waals surface area contributed by atoms with Crippen molar-refractivity contribution in [3.8, 4) is 11.5 Å². The van der Waals surface area contributed by atoms with E-state index >= 15 is 0 Å². The number of hydrogen-bond donors (Lipinski definition) is 1. The molecule has 1 aromatic heterocycles. The first-order valence-corrected chi connectivity index (χ1v) is 10.9. The summed E-state index contributed by atoms with van der Waals surface area (Å²) in [7, 11) is 3.39. The fraction of sp³-hybridized carbons (Fsp3) is 0.190. The molecule has 0 aliphatic rings. The number of anilines is 1. The van der Waals surface area contributed by atoms with Gasteiger partial charge in [-0.05, 0) is 36.0 Å². The number of carbonyl (C=O) groups is 2. The van der Waals surface area contributed by atoms with Gasteiger partial charge >= 0.3 is 0 Å². The second-order valence-electron chi connectivity index (χ2n) is 6.31. The molecule has 3 rings (SSSR count). The van der Waals surface area contributed by atoms with Gasteiger partial charge < -0.3 is 14.6 Å². The highest BCUT2D eigenvalue weighted by Gasteiger charge is 2.13. The molecular formula is C21H21N3O3S2. The summed E-state index contributed by atoms with van der Waals surface area (Å²) in [4.78, 5) is 30.9. The maximum Gasteiger partial charge on any atom is 0.286 e. The van der Waals surface area contributed by atoms with Crippen LogP contribution in [0.4, 0.5) is 10.5 Å². The van der Waals surface area contributed by atoms with Gasteiger partial charge in [-0.3, -0.25) is 9.59 Å². The van der Waals surface area contributed by atoms with Gasteiger partial charge in [-0.15, -0.1) is 11.8 Å². The van der Waals surface area contributed by atoms with Crippen LogP contribution in [0.5, 0.6) is 0 Å². The van der Waals surface area contributed by atoms with Crippen LogP contribution in [-0.4, -0.2) is 40.9 Å². The second-order valence-corrected chi connectivity index (χ2v) is 8.29. The first kappa shape index (κ1) is 21.0. The molecule has 0 aliphatic heterocycles. The highest BCUT2D eigenvalue weighted by molar-refractivity contribution is 8.13. The number of oxazole rings is 1. The van der Waals surface area contributed by atoms with E-state index in [0.717, 1.165) is 23.0 Å². The van der Waals surface area contributed by atoms with Crippen LogP contribution in [0.25, 0.3) is 11.5 Å².